The second-order valence-electron chi connectivity index (χ2n) is 11.8. The van der Waals surface area contributed by atoms with Crippen molar-refractivity contribution in [3.05, 3.63) is 134 Å². The predicted molar refractivity (Wildman–Crippen MR) is 182 cm³/mol. The van der Waals surface area contributed by atoms with E-state index in [4.69, 9.17) is 13.9 Å². The van der Waals surface area contributed by atoms with Crippen molar-refractivity contribution in [3.8, 4) is 5.69 Å². The molecule has 8 nitrogen and oxygen atoms in total. The van der Waals surface area contributed by atoms with Crippen LogP contribution in [0.3, 0.4) is 0 Å². The summed E-state index contributed by atoms with van der Waals surface area (Å²) in [7, 11) is -4.67. The van der Waals surface area contributed by atoms with Crippen LogP contribution in [0.1, 0.15) is 30.4 Å². The first-order valence-electron chi connectivity index (χ1n) is 15.1. The number of aromatic nitrogens is 2. The zero-order chi connectivity index (χ0) is 33.6. The number of ether oxygens (including phenoxy) is 2. The van der Waals surface area contributed by atoms with E-state index in [0.29, 0.717) is 12.1 Å². The molecule has 0 saturated heterocycles. The molecule has 0 amide bonds. The number of imidazole rings is 1. The van der Waals surface area contributed by atoms with E-state index in [2.05, 4.69) is 0 Å². The second kappa shape index (κ2) is 12.8. The van der Waals surface area contributed by atoms with Crippen molar-refractivity contribution in [1.29, 1.82) is 0 Å². The van der Waals surface area contributed by atoms with Gasteiger partial charge < -0.3 is 13.9 Å². The summed E-state index contributed by atoms with van der Waals surface area (Å²) in [6, 6.07) is 23.8. The van der Waals surface area contributed by atoms with Crippen LogP contribution >= 0.6 is 22.6 Å². The lowest BCUT2D eigenvalue weighted by Crippen LogP contribution is -2.40. The number of halogens is 4. The van der Waals surface area contributed by atoms with Crippen LogP contribution in [0.2, 0.25) is 0 Å². The molecule has 1 aliphatic carbocycles. The molecule has 48 heavy (non-hydrogen) atoms. The maximum atomic E-state index is 15.9. The number of fused-ring (bicyclic) bond motifs is 3. The average molecular weight is 789 g/mol. The molecule has 1 fully saturated rings. The molecule has 0 bridgehead atoms. The van der Waals surface area contributed by atoms with Gasteiger partial charge in [0.15, 0.2) is 17.2 Å². The molecule has 6 aromatic rings. The fourth-order valence-corrected chi connectivity index (χ4v) is 8.59. The van der Waals surface area contributed by atoms with E-state index in [9.17, 15) is 13.2 Å². The monoisotopic (exact) mass is 788 g/mol. The Morgan fingerprint density at radius 3 is 2.19 bits per heavy atom. The van der Waals surface area contributed by atoms with Crippen LogP contribution in [0.15, 0.2) is 100 Å². The predicted octanol–water partition coefficient (Wildman–Crippen LogP) is 7.46. The van der Waals surface area contributed by atoms with Crippen molar-refractivity contribution in [3.63, 3.8) is 0 Å². The number of benzene rings is 4. The quantitative estimate of drug-likeness (QED) is 0.120. The average Bonchev–Trinajstić information content (AvgIpc) is 3.59. The molecular formula is C35H28F3IN2O6S. The van der Waals surface area contributed by atoms with Gasteiger partial charge in [-0.25, -0.2) is 26.4 Å². The molecule has 1 atom stereocenters. The molecule has 0 unspecified atom stereocenters. The molecule has 0 radical (unpaired) electrons. The van der Waals surface area contributed by atoms with Crippen LogP contribution in [-0.2, 0) is 32.7 Å². The number of nitrogens with zero attached hydrogens (tertiary/aromatic N) is 2. The standard InChI is InChI=1S/C35H28F3IN2O6S/c36-27-17-24(39)11-12-28(27)40-31-30(38)29(37)26-13-16-46-33(26)32(31)41(34(40)42)48(43,44)35(14-15-35)18-25(47-20-23-9-5-2-6-10-23)21-45-19-22-7-3-1-4-8-22/h1-13,16-17,25H,14-15,18-21H2/t25-/m1/s1. The Labute approximate surface area is 286 Å². The van der Waals surface area contributed by atoms with Gasteiger partial charge in [-0.15, -0.1) is 0 Å². The van der Waals surface area contributed by atoms with Crippen molar-refractivity contribution in [2.75, 3.05) is 6.61 Å². The van der Waals surface area contributed by atoms with Crippen LogP contribution < -0.4 is 5.69 Å². The second-order valence-corrected chi connectivity index (χ2v) is 15.2. The van der Waals surface area contributed by atoms with E-state index in [0.717, 1.165) is 29.5 Å². The van der Waals surface area contributed by atoms with Crippen LogP contribution in [-0.4, -0.2) is 34.4 Å². The van der Waals surface area contributed by atoms with Gasteiger partial charge in [0.05, 0.1) is 48.0 Å². The van der Waals surface area contributed by atoms with E-state index < -0.39 is 60.7 Å². The van der Waals surface area contributed by atoms with Crippen LogP contribution in [0.25, 0.3) is 27.7 Å². The highest BCUT2D eigenvalue weighted by molar-refractivity contribution is 14.1. The number of furan rings is 1. The maximum absolute atomic E-state index is 15.9. The van der Waals surface area contributed by atoms with Gasteiger partial charge in [-0.1, -0.05) is 60.7 Å². The van der Waals surface area contributed by atoms with Gasteiger partial charge >= 0.3 is 5.69 Å². The normalized spacial score (nSPS) is 14.9. The molecule has 1 aliphatic rings. The molecule has 13 heteroatoms. The lowest BCUT2D eigenvalue weighted by molar-refractivity contribution is -0.0345. The van der Waals surface area contributed by atoms with Crippen molar-refractivity contribution in [2.24, 2.45) is 0 Å². The van der Waals surface area contributed by atoms with Gasteiger partial charge in [0.1, 0.15) is 16.9 Å². The summed E-state index contributed by atoms with van der Waals surface area (Å²) in [4.78, 5) is 14.2. The summed E-state index contributed by atoms with van der Waals surface area (Å²) in [5, 5.41) is -0.354. The molecule has 248 valence electrons. The SMILES string of the molecule is O=c1n(-c2ccc(I)cc2F)c2c(F)c(F)c3ccoc3c2n1S(=O)(=O)C1(C[C@H](COCc2ccccc2)OCc2ccccc2)CC1. The third kappa shape index (κ3) is 5.76. The third-order valence-corrected chi connectivity index (χ3v) is 11.8. The summed E-state index contributed by atoms with van der Waals surface area (Å²) >= 11 is 1.86. The summed E-state index contributed by atoms with van der Waals surface area (Å²) < 4.78 is 93.5. The Morgan fingerprint density at radius 2 is 1.54 bits per heavy atom. The fraction of sp³-hybridized carbons (Fsp3) is 0.229. The van der Waals surface area contributed by atoms with Gasteiger partial charge in [-0.3, -0.25) is 4.57 Å². The highest BCUT2D eigenvalue weighted by Crippen LogP contribution is 2.49. The Balaban J connectivity index is 1.32. The topological polar surface area (TPSA) is 92.7 Å². The summed E-state index contributed by atoms with van der Waals surface area (Å²) in [6.07, 6.45) is 0.629. The van der Waals surface area contributed by atoms with Crippen LogP contribution in [0.4, 0.5) is 13.2 Å². The molecule has 2 heterocycles. The molecule has 7 rings (SSSR count). The van der Waals surface area contributed by atoms with E-state index in [1.54, 1.807) is 0 Å². The number of rotatable bonds is 12. The van der Waals surface area contributed by atoms with Crippen molar-refractivity contribution < 1.29 is 35.5 Å². The largest absolute Gasteiger partial charge is 0.462 e. The number of hydrogen-bond donors (Lipinski definition) is 0. The zero-order valence-corrected chi connectivity index (χ0v) is 28.2. The van der Waals surface area contributed by atoms with Gasteiger partial charge in [0, 0.05) is 3.57 Å². The first-order chi connectivity index (χ1) is 23.1. The molecular weight excluding hydrogens is 760 g/mol. The van der Waals surface area contributed by atoms with E-state index in [1.807, 2.05) is 83.3 Å². The Hall–Kier alpha value is -3.92. The molecule has 0 aliphatic heterocycles. The molecule has 0 N–H and O–H groups in total. The Morgan fingerprint density at radius 1 is 0.875 bits per heavy atom. The van der Waals surface area contributed by atoms with E-state index in [1.165, 1.54) is 12.1 Å². The van der Waals surface area contributed by atoms with E-state index in [-0.39, 0.29) is 50.1 Å². The smallest absolute Gasteiger partial charge is 0.348 e. The zero-order valence-electron chi connectivity index (χ0n) is 25.2. The molecule has 1 saturated carbocycles. The first kappa shape index (κ1) is 32.6. The molecule has 0 spiro atoms. The highest BCUT2D eigenvalue weighted by atomic mass is 127. The maximum Gasteiger partial charge on any atom is 0.348 e. The first-order valence-corrected chi connectivity index (χ1v) is 17.6. The minimum Gasteiger partial charge on any atom is -0.462 e. The lowest BCUT2D eigenvalue weighted by atomic mass is 10.1. The van der Waals surface area contributed by atoms with Gasteiger partial charge in [0.25, 0.3) is 0 Å². The van der Waals surface area contributed by atoms with Gasteiger partial charge in [-0.2, -0.15) is 3.97 Å². The number of hydrogen-bond acceptors (Lipinski definition) is 6. The van der Waals surface area contributed by atoms with Gasteiger partial charge in [0.2, 0.25) is 10.0 Å². The van der Waals surface area contributed by atoms with Crippen molar-refractivity contribution >= 4 is 54.6 Å². The molecule has 4 aromatic carbocycles. The van der Waals surface area contributed by atoms with Crippen molar-refractivity contribution in [2.45, 2.75) is 43.3 Å². The minimum atomic E-state index is -4.67. The summed E-state index contributed by atoms with van der Waals surface area (Å²) in [5.41, 5.74) is -1.53. The van der Waals surface area contributed by atoms with E-state index >= 15 is 13.2 Å². The lowest BCUT2D eigenvalue weighted by Gasteiger charge is -2.24. The van der Waals surface area contributed by atoms with Crippen LogP contribution in [0.5, 0.6) is 0 Å². The van der Waals surface area contributed by atoms with Crippen LogP contribution in [0, 0.1) is 21.0 Å². The van der Waals surface area contributed by atoms with Crippen molar-refractivity contribution in [1.82, 2.24) is 8.54 Å². The summed E-state index contributed by atoms with van der Waals surface area (Å²) in [6.45, 7) is 0.493. The third-order valence-electron chi connectivity index (χ3n) is 8.62. The highest BCUT2D eigenvalue weighted by Gasteiger charge is 2.58. The molecule has 2 aromatic heterocycles. The Bertz CT molecular complexity index is 2300. The van der Waals surface area contributed by atoms with Gasteiger partial charge in [-0.05, 0) is 77.2 Å². The minimum absolute atomic E-state index is 0.0474. The summed E-state index contributed by atoms with van der Waals surface area (Å²) in [5.74, 6) is -3.79. The fourth-order valence-electron chi connectivity index (χ4n) is 6.03. The Kier molecular flexibility index (Phi) is 8.73.